The predicted octanol–water partition coefficient (Wildman–Crippen LogP) is 2.98. The Morgan fingerprint density at radius 2 is 1.94 bits per heavy atom. The van der Waals surface area contributed by atoms with Gasteiger partial charge in [0.1, 0.15) is 5.75 Å². The molecule has 0 radical (unpaired) electrons. The van der Waals surface area contributed by atoms with E-state index >= 15 is 0 Å². The maximum atomic E-state index is 11.9. The summed E-state index contributed by atoms with van der Waals surface area (Å²) in [4.78, 5) is 15.8. The van der Waals surface area contributed by atoms with Crippen LogP contribution in [0.3, 0.4) is 0 Å². The van der Waals surface area contributed by atoms with Gasteiger partial charge >= 0.3 is 5.97 Å². The summed E-state index contributed by atoms with van der Waals surface area (Å²) in [6.45, 7) is 7.57. The van der Waals surface area contributed by atoms with E-state index < -0.39 is 17.0 Å². The number of carbonyl (C=O) groups excluding carboxylic acids is 1. The summed E-state index contributed by atoms with van der Waals surface area (Å²) >= 11 is 0. The van der Waals surface area contributed by atoms with Gasteiger partial charge in [0.15, 0.2) is 0 Å². The minimum Gasteiger partial charge on any atom is -0.475 e. The Labute approximate surface area is 106 Å². The smallest absolute Gasteiger partial charge is 0.385 e. The molecule has 0 saturated heterocycles. The monoisotopic (exact) mass is 250 g/mol. The van der Waals surface area contributed by atoms with E-state index in [0.29, 0.717) is 5.75 Å². The van der Waals surface area contributed by atoms with Crippen molar-refractivity contribution in [2.75, 3.05) is 0 Å². The van der Waals surface area contributed by atoms with Crippen molar-refractivity contribution in [1.82, 2.24) is 0 Å². The minimum absolute atomic E-state index is 0.103. The normalized spacial score (nSPS) is 29.1. The molecule has 1 aromatic carbocycles. The lowest BCUT2D eigenvalue weighted by Gasteiger charge is -2.49. The second kappa shape index (κ2) is 3.99. The first kappa shape index (κ1) is 12.9. The van der Waals surface area contributed by atoms with E-state index in [1.165, 1.54) is 0 Å². The van der Waals surface area contributed by atoms with Crippen LogP contribution in [-0.4, -0.2) is 16.8 Å². The van der Waals surface area contributed by atoms with Crippen LogP contribution in [0.2, 0.25) is 0 Å². The Hall–Kier alpha value is -1.55. The van der Waals surface area contributed by atoms with E-state index in [0.717, 1.165) is 5.56 Å². The summed E-state index contributed by atoms with van der Waals surface area (Å²) in [5.41, 5.74) is -0.651. The Morgan fingerprint density at radius 1 is 1.33 bits per heavy atom. The lowest BCUT2D eigenvalue weighted by Crippen LogP contribution is -2.58. The van der Waals surface area contributed by atoms with Gasteiger partial charge in [0.2, 0.25) is 5.60 Å². The lowest BCUT2D eigenvalue weighted by atomic mass is 9.63. The highest BCUT2D eigenvalue weighted by atomic mass is 17.1. The summed E-state index contributed by atoms with van der Waals surface area (Å²) in [7, 11) is 0. The van der Waals surface area contributed by atoms with Gasteiger partial charge in [-0.1, -0.05) is 39.0 Å². The molecule has 1 N–H and O–H groups in total. The molecule has 4 nitrogen and oxygen atoms in total. The highest BCUT2D eigenvalue weighted by Crippen LogP contribution is 2.52. The molecule has 1 aliphatic rings. The molecular weight excluding hydrogens is 232 g/mol. The van der Waals surface area contributed by atoms with Crippen molar-refractivity contribution >= 4 is 5.97 Å². The summed E-state index contributed by atoms with van der Waals surface area (Å²) in [6.07, 6.45) is 0. The SMILES string of the molecule is CC1c2ccccc2OC(C)(C(=O)OO)C1(C)C. The first-order valence-corrected chi connectivity index (χ1v) is 5.98. The van der Waals surface area contributed by atoms with Gasteiger partial charge in [0.25, 0.3) is 0 Å². The first-order valence-electron chi connectivity index (χ1n) is 5.98. The standard InChI is InChI=1S/C14H18O4/c1-9-10-7-5-6-8-11(10)17-14(4,12(15)18-16)13(9,2)3/h5-9,16H,1-4H3. The number of carbonyl (C=O) groups is 1. The summed E-state index contributed by atoms with van der Waals surface area (Å²) in [5, 5.41) is 8.69. The third kappa shape index (κ3) is 1.52. The van der Waals surface area contributed by atoms with Gasteiger partial charge in [-0.2, -0.15) is 5.26 Å². The maximum Gasteiger partial charge on any atom is 0.385 e. The maximum absolute atomic E-state index is 11.9. The fourth-order valence-electron chi connectivity index (χ4n) is 2.48. The van der Waals surface area contributed by atoms with E-state index in [1.54, 1.807) is 6.92 Å². The number of rotatable bonds is 1. The van der Waals surface area contributed by atoms with Crippen molar-refractivity contribution in [1.29, 1.82) is 0 Å². The lowest BCUT2D eigenvalue weighted by molar-refractivity contribution is -0.257. The van der Waals surface area contributed by atoms with Crippen LogP contribution in [-0.2, 0) is 9.68 Å². The van der Waals surface area contributed by atoms with Crippen LogP contribution in [0.15, 0.2) is 24.3 Å². The molecule has 4 heteroatoms. The van der Waals surface area contributed by atoms with E-state index in [9.17, 15) is 4.79 Å². The van der Waals surface area contributed by atoms with E-state index in [-0.39, 0.29) is 5.92 Å². The van der Waals surface area contributed by atoms with E-state index in [2.05, 4.69) is 4.89 Å². The Balaban J connectivity index is 2.58. The molecule has 2 unspecified atom stereocenters. The van der Waals surface area contributed by atoms with Crippen molar-refractivity contribution in [2.45, 2.75) is 39.2 Å². The fourth-order valence-corrected chi connectivity index (χ4v) is 2.48. The molecule has 0 bridgehead atoms. The van der Waals surface area contributed by atoms with Gasteiger partial charge in [0, 0.05) is 5.41 Å². The molecule has 98 valence electrons. The van der Waals surface area contributed by atoms with Crippen molar-refractivity contribution in [3.05, 3.63) is 29.8 Å². The van der Waals surface area contributed by atoms with Crippen LogP contribution < -0.4 is 4.74 Å². The third-order valence-electron chi connectivity index (χ3n) is 4.48. The third-order valence-corrected chi connectivity index (χ3v) is 4.48. The van der Waals surface area contributed by atoms with Gasteiger partial charge in [-0.25, -0.2) is 4.79 Å². The molecule has 0 aromatic heterocycles. The van der Waals surface area contributed by atoms with Gasteiger partial charge < -0.3 is 4.74 Å². The number of para-hydroxylation sites is 1. The van der Waals surface area contributed by atoms with Crippen molar-refractivity contribution in [2.24, 2.45) is 5.41 Å². The van der Waals surface area contributed by atoms with Crippen molar-refractivity contribution in [3.63, 3.8) is 0 Å². The Kier molecular flexibility index (Phi) is 2.86. The van der Waals surface area contributed by atoms with Gasteiger partial charge in [-0.15, -0.1) is 0 Å². The first-order chi connectivity index (χ1) is 8.34. The molecule has 1 aromatic rings. The fraction of sp³-hybridized carbons (Fsp3) is 0.500. The van der Waals surface area contributed by atoms with Crippen LogP contribution in [0, 0.1) is 5.41 Å². The van der Waals surface area contributed by atoms with E-state index in [4.69, 9.17) is 9.99 Å². The molecule has 0 saturated carbocycles. The van der Waals surface area contributed by atoms with Crippen LogP contribution >= 0.6 is 0 Å². The number of ether oxygens (including phenoxy) is 1. The number of hydrogen-bond acceptors (Lipinski definition) is 4. The molecule has 0 spiro atoms. The van der Waals surface area contributed by atoms with E-state index in [1.807, 2.05) is 45.0 Å². The molecule has 1 heterocycles. The highest BCUT2D eigenvalue weighted by Gasteiger charge is 2.57. The Bertz CT molecular complexity index is 480. The second-order valence-corrected chi connectivity index (χ2v) is 5.50. The number of fused-ring (bicyclic) bond motifs is 1. The predicted molar refractivity (Wildman–Crippen MR) is 66.4 cm³/mol. The second-order valence-electron chi connectivity index (χ2n) is 5.50. The molecule has 0 amide bonds. The van der Waals surface area contributed by atoms with Gasteiger partial charge in [-0.3, -0.25) is 4.89 Å². The minimum atomic E-state index is -1.21. The topological polar surface area (TPSA) is 55.8 Å². The van der Waals surface area contributed by atoms with Crippen LogP contribution in [0.5, 0.6) is 5.75 Å². The zero-order valence-corrected chi connectivity index (χ0v) is 11.1. The molecule has 1 aliphatic heterocycles. The molecular formula is C14H18O4. The zero-order valence-electron chi connectivity index (χ0n) is 11.1. The van der Waals surface area contributed by atoms with Crippen LogP contribution in [0.1, 0.15) is 39.2 Å². The highest BCUT2D eigenvalue weighted by molar-refractivity contribution is 5.81. The van der Waals surface area contributed by atoms with Crippen molar-refractivity contribution < 1.29 is 19.7 Å². The molecule has 2 atom stereocenters. The average Bonchev–Trinajstić information content (AvgIpc) is 2.35. The average molecular weight is 250 g/mol. The van der Waals surface area contributed by atoms with Gasteiger partial charge in [0.05, 0.1) is 0 Å². The number of benzene rings is 1. The van der Waals surface area contributed by atoms with Crippen LogP contribution in [0.25, 0.3) is 0 Å². The van der Waals surface area contributed by atoms with Crippen molar-refractivity contribution in [3.8, 4) is 5.75 Å². The summed E-state index contributed by atoms with van der Waals surface area (Å²) in [6, 6.07) is 7.62. The molecule has 2 rings (SSSR count). The molecule has 18 heavy (non-hydrogen) atoms. The van der Waals surface area contributed by atoms with Crippen LogP contribution in [0.4, 0.5) is 0 Å². The summed E-state index contributed by atoms with van der Waals surface area (Å²) in [5.74, 6) is -0.00220. The quantitative estimate of drug-likeness (QED) is 0.615. The summed E-state index contributed by atoms with van der Waals surface area (Å²) < 4.78 is 5.82. The number of hydrogen-bond donors (Lipinski definition) is 1. The molecule has 0 aliphatic carbocycles. The Morgan fingerprint density at radius 3 is 2.56 bits per heavy atom. The molecule has 0 fully saturated rings. The zero-order chi connectivity index (χ0) is 13.6. The largest absolute Gasteiger partial charge is 0.475 e. The van der Waals surface area contributed by atoms with Gasteiger partial charge in [-0.05, 0) is 24.5 Å².